The molecular weight excluding hydrogens is 244 g/mol. The quantitative estimate of drug-likeness (QED) is 0.847. The molecule has 2 heteroatoms. The first-order valence-electron chi connectivity index (χ1n) is 8.19. The minimum Gasteiger partial charge on any atom is -0.320 e. The molecular formula is C18H30N2. The van der Waals surface area contributed by atoms with E-state index in [1.807, 2.05) is 0 Å². The molecule has 1 aromatic carbocycles. The van der Waals surface area contributed by atoms with Gasteiger partial charge in [-0.1, -0.05) is 50.6 Å². The SMILES string of the molecule is CNCCC1CCCCN1C(c1ccccc1)C(C)C. The molecule has 0 radical (unpaired) electrons. The average Bonchev–Trinajstić information content (AvgIpc) is 2.47. The van der Waals surface area contributed by atoms with Gasteiger partial charge in [0.05, 0.1) is 0 Å². The summed E-state index contributed by atoms with van der Waals surface area (Å²) in [5.74, 6) is 0.660. The first-order chi connectivity index (χ1) is 9.74. The summed E-state index contributed by atoms with van der Waals surface area (Å²) in [6.07, 6.45) is 5.38. The Morgan fingerprint density at radius 3 is 2.60 bits per heavy atom. The van der Waals surface area contributed by atoms with E-state index in [2.05, 4.69) is 61.4 Å². The zero-order valence-electron chi connectivity index (χ0n) is 13.3. The topological polar surface area (TPSA) is 15.3 Å². The summed E-state index contributed by atoms with van der Waals surface area (Å²) in [5.41, 5.74) is 1.49. The van der Waals surface area contributed by atoms with Crippen LogP contribution in [0.15, 0.2) is 30.3 Å². The summed E-state index contributed by atoms with van der Waals surface area (Å²) in [6.45, 7) is 7.11. The molecule has 0 spiro atoms. The Balaban J connectivity index is 2.17. The lowest BCUT2D eigenvalue weighted by Crippen LogP contribution is -2.44. The second-order valence-corrected chi connectivity index (χ2v) is 6.38. The van der Waals surface area contributed by atoms with Crippen LogP contribution in [0, 0.1) is 5.92 Å². The average molecular weight is 274 g/mol. The Hall–Kier alpha value is -0.860. The van der Waals surface area contributed by atoms with Crippen molar-refractivity contribution in [3.05, 3.63) is 35.9 Å². The molecule has 1 fully saturated rings. The Morgan fingerprint density at radius 1 is 1.20 bits per heavy atom. The molecule has 1 N–H and O–H groups in total. The molecule has 112 valence electrons. The molecule has 0 aliphatic carbocycles. The van der Waals surface area contributed by atoms with Gasteiger partial charge in [-0.3, -0.25) is 4.90 Å². The fourth-order valence-corrected chi connectivity index (χ4v) is 3.62. The van der Waals surface area contributed by atoms with Crippen LogP contribution in [0.4, 0.5) is 0 Å². The number of nitrogens with zero attached hydrogens (tertiary/aromatic N) is 1. The van der Waals surface area contributed by atoms with Crippen LogP contribution in [0.25, 0.3) is 0 Å². The molecule has 2 nitrogen and oxygen atoms in total. The van der Waals surface area contributed by atoms with Gasteiger partial charge in [0.15, 0.2) is 0 Å². The minimum atomic E-state index is 0.568. The summed E-state index contributed by atoms with van der Waals surface area (Å²) in [5, 5.41) is 3.32. The molecule has 1 aromatic rings. The highest BCUT2D eigenvalue weighted by atomic mass is 15.2. The lowest BCUT2D eigenvalue weighted by atomic mass is 9.89. The van der Waals surface area contributed by atoms with Crippen molar-refractivity contribution in [3.8, 4) is 0 Å². The van der Waals surface area contributed by atoms with Crippen molar-refractivity contribution >= 4 is 0 Å². The van der Waals surface area contributed by atoms with E-state index in [-0.39, 0.29) is 0 Å². The first kappa shape index (κ1) is 15.5. The van der Waals surface area contributed by atoms with Crippen LogP contribution in [0.1, 0.15) is 51.1 Å². The molecule has 2 rings (SSSR count). The van der Waals surface area contributed by atoms with Crippen LogP contribution in [0.2, 0.25) is 0 Å². The molecule has 0 saturated carbocycles. The predicted octanol–water partition coefficient (Wildman–Crippen LogP) is 3.85. The fourth-order valence-electron chi connectivity index (χ4n) is 3.62. The highest BCUT2D eigenvalue weighted by Gasteiger charge is 2.31. The van der Waals surface area contributed by atoms with Gasteiger partial charge in [-0.05, 0) is 50.9 Å². The number of nitrogens with one attached hydrogen (secondary N) is 1. The highest BCUT2D eigenvalue weighted by molar-refractivity contribution is 5.20. The van der Waals surface area contributed by atoms with Gasteiger partial charge in [0.2, 0.25) is 0 Å². The van der Waals surface area contributed by atoms with Gasteiger partial charge in [0, 0.05) is 12.1 Å². The van der Waals surface area contributed by atoms with Gasteiger partial charge < -0.3 is 5.32 Å². The minimum absolute atomic E-state index is 0.568. The molecule has 2 unspecified atom stereocenters. The summed E-state index contributed by atoms with van der Waals surface area (Å²) in [6, 6.07) is 12.4. The molecule has 2 atom stereocenters. The number of hydrogen-bond acceptors (Lipinski definition) is 2. The van der Waals surface area contributed by atoms with Crippen LogP contribution in [-0.2, 0) is 0 Å². The van der Waals surface area contributed by atoms with E-state index >= 15 is 0 Å². The highest BCUT2D eigenvalue weighted by Crippen LogP contribution is 2.34. The van der Waals surface area contributed by atoms with Crippen LogP contribution in [0.5, 0.6) is 0 Å². The van der Waals surface area contributed by atoms with Crippen LogP contribution in [0.3, 0.4) is 0 Å². The zero-order chi connectivity index (χ0) is 14.4. The maximum absolute atomic E-state index is 3.32. The predicted molar refractivity (Wildman–Crippen MR) is 86.9 cm³/mol. The number of benzene rings is 1. The largest absolute Gasteiger partial charge is 0.320 e. The second-order valence-electron chi connectivity index (χ2n) is 6.38. The zero-order valence-corrected chi connectivity index (χ0v) is 13.3. The Labute approximate surface area is 124 Å². The maximum atomic E-state index is 3.32. The Morgan fingerprint density at radius 2 is 1.95 bits per heavy atom. The van der Waals surface area contributed by atoms with Crippen LogP contribution < -0.4 is 5.32 Å². The van der Waals surface area contributed by atoms with E-state index in [9.17, 15) is 0 Å². The molecule has 1 heterocycles. The molecule has 0 amide bonds. The normalized spacial score (nSPS) is 22.1. The van der Waals surface area contributed by atoms with Gasteiger partial charge in [-0.25, -0.2) is 0 Å². The Bertz CT molecular complexity index is 374. The van der Waals surface area contributed by atoms with Crippen molar-refractivity contribution in [1.82, 2.24) is 10.2 Å². The number of rotatable bonds is 6. The van der Waals surface area contributed by atoms with E-state index in [0.29, 0.717) is 12.0 Å². The van der Waals surface area contributed by atoms with Crippen molar-refractivity contribution in [1.29, 1.82) is 0 Å². The second kappa shape index (κ2) is 7.80. The fraction of sp³-hybridized carbons (Fsp3) is 0.667. The van der Waals surface area contributed by atoms with E-state index < -0.39 is 0 Å². The lowest BCUT2D eigenvalue weighted by Gasteiger charge is -2.43. The number of piperidine rings is 1. The summed E-state index contributed by atoms with van der Waals surface area (Å²) < 4.78 is 0. The van der Waals surface area contributed by atoms with Crippen molar-refractivity contribution in [2.75, 3.05) is 20.1 Å². The molecule has 0 aromatic heterocycles. The molecule has 1 saturated heterocycles. The van der Waals surface area contributed by atoms with E-state index in [1.165, 1.54) is 37.8 Å². The summed E-state index contributed by atoms with van der Waals surface area (Å²) in [7, 11) is 2.06. The van der Waals surface area contributed by atoms with Gasteiger partial charge in [-0.2, -0.15) is 0 Å². The van der Waals surface area contributed by atoms with Crippen molar-refractivity contribution in [3.63, 3.8) is 0 Å². The van der Waals surface area contributed by atoms with Gasteiger partial charge in [0.1, 0.15) is 0 Å². The van der Waals surface area contributed by atoms with Crippen LogP contribution in [-0.4, -0.2) is 31.1 Å². The monoisotopic (exact) mass is 274 g/mol. The first-order valence-corrected chi connectivity index (χ1v) is 8.19. The third-order valence-corrected chi connectivity index (χ3v) is 4.53. The van der Waals surface area contributed by atoms with E-state index in [0.717, 1.165) is 12.6 Å². The summed E-state index contributed by atoms with van der Waals surface area (Å²) >= 11 is 0. The van der Waals surface area contributed by atoms with E-state index in [1.54, 1.807) is 0 Å². The van der Waals surface area contributed by atoms with Crippen molar-refractivity contribution in [2.45, 2.75) is 51.6 Å². The molecule has 20 heavy (non-hydrogen) atoms. The van der Waals surface area contributed by atoms with E-state index in [4.69, 9.17) is 0 Å². The summed E-state index contributed by atoms with van der Waals surface area (Å²) in [4.78, 5) is 2.78. The number of likely N-dealkylation sites (tertiary alicyclic amines) is 1. The van der Waals surface area contributed by atoms with Crippen molar-refractivity contribution in [2.24, 2.45) is 5.92 Å². The van der Waals surface area contributed by atoms with Gasteiger partial charge >= 0.3 is 0 Å². The molecule has 1 aliphatic rings. The Kier molecular flexibility index (Phi) is 6.06. The van der Waals surface area contributed by atoms with Crippen LogP contribution >= 0.6 is 0 Å². The lowest BCUT2D eigenvalue weighted by molar-refractivity contribution is 0.0640. The third-order valence-electron chi connectivity index (χ3n) is 4.53. The molecule has 1 aliphatic heterocycles. The van der Waals surface area contributed by atoms with Gasteiger partial charge in [-0.15, -0.1) is 0 Å². The van der Waals surface area contributed by atoms with Crippen molar-refractivity contribution < 1.29 is 0 Å². The smallest absolute Gasteiger partial charge is 0.0373 e. The van der Waals surface area contributed by atoms with Gasteiger partial charge in [0.25, 0.3) is 0 Å². The molecule has 0 bridgehead atoms. The standard InChI is InChI=1S/C18H30N2/c1-15(2)18(16-9-5-4-6-10-16)20-14-8-7-11-17(20)12-13-19-3/h4-6,9-10,15,17-19H,7-8,11-14H2,1-3H3. The maximum Gasteiger partial charge on any atom is 0.0373 e. The third kappa shape index (κ3) is 3.83. The number of hydrogen-bond donors (Lipinski definition) is 1.